The average Bonchev–Trinajstić information content (AvgIpc) is 3.43. The molecule has 2 atom stereocenters. The summed E-state index contributed by atoms with van der Waals surface area (Å²) < 4.78 is 44.9. The number of hydrogen-bond donors (Lipinski definition) is 2. The summed E-state index contributed by atoms with van der Waals surface area (Å²) in [5.74, 6) is -0.258. The van der Waals surface area contributed by atoms with Crippen molar-refractivity contribution in [2.24, 2.45) is 0 Å². The first-order valence-electron chi connectivity index (χ1n) is 10.6. The Kier molecular flexibility index (Phi) is 5.64. The van der Waals surface area contributed by atoms with E-state index in [0.717, 1.165) is 44.2 Å². The van der Waals surface area contributed by atoms with Gasteiger partial charge in [-0.05, 0) is 68.7 Å². The highest BCUT2D eigenvalue weighted by Crippen LogP contribution is 2.43. The molecule has 7 heteroatoms. The van der Waals surface area contributed by atoms with E-state index in [1.165, 1.54) is 18.9 Å². The molecule has 0 spiro atoms. The number of amides is 1. The molecule has 3 aliphatic rings. The molecule has 4 nitrogen and oxygen atoms in total. The van der Waals surface area contributed by atoms with Gasteiger partial charge in [0.1, 0.15) is 0 Å². The van der Waals surface area contributed by atoms with Gasteiger partial charge in [-0.1, -0.05) is 12.8 Å². The Hall–Kier alpha value is -1.60. The Balaban J connectivity index is 1.50. The summed E-state index contributed by atoms with van der Waals surface area (Å²) >= 11 is 0. The zero-order valence-electron chi connectivity index (χ0n) is 16.8. The molecule has 4 rings (SSSR count). The van der Waals surface area contributed by atoms with Crippen molar-refractivity contribution in [3.63, 3.8) is 0 Å². The molecule has 0 aromatic heterocycles. The van der Waals surface area contributed by atoms with E-state index >= 15 is 0 Å². The summed E-state index contributed by atoms with van der Waals surface area (Å²) in [6.45, 7) is 3.29. The van der Waals surface area contributed by atoms with Gasteiger partial charge in [0.25, 0.3) is 5.91 Å². The first-order valence-corrected chi connectivity index (χ1v) is 10.6. The van der Waals surface area contributed by atoms with Crippen LogP contribution >= 0.6 is 0 Å². The van der Waals surface area contributed by atoms with Gasteiger partial charge in [-0.25, -0.2) is 0 Å². The molecule has 2 N–H and O–H groups in total. The van der Waals surface area contributed by atoms with Gasteiger partial charge in [0.2, 0.25) is 0 Å². The van der Waals surface area contributed by atoms with Gasteiger partial charge in [0.15, 0.2) is 0 Å². The molecule has 0 bridgehead atoms. The number of alkyl halides is 3. The van der Waals surface area contributed by atoms with Gasteiger partial charge >= 0.3 is 6.18 Å². The summed E-state index contributed by atoms with van der Waals surface area (Å²) in [5, 5.41) is 6.79. The minimum absolute atomic E-state index is 0.0481. The van der Waals surface area contributed by atoms with E-state index < -0.39 is 11.7 Å². The molecule has 1 aromatic carbocycles. The van der Waals surface area contributed by atoms with E-state index in [0.29, 0.717) is 24.3 Å². The maximum absolute atomic E-state index is 13.1. The predicted octanol–water partition coefficient (Wildman–Crippen LogP) is 4.39. The van der Waals surface area contributed by atoms with E-state index in [-0.39, 0.29) is 29.4 Å². The molecule has 2 saturated carbocycles. The van der Waals surface area contributed by atoms with Crippen LogP contribution in [0.25, 0.3) is 0 Å². The Morgan fingerprint density at radius 2 is 1.86 bits per heavy atom. The average molecular weight is 410 g/mol. The van der Waals surface area contributed by atoms with E-state index in [1.807, 2.05) is 0 Å². The van der Waals surface area contributed by atoms with Crippen LogP contribution in [0.15, 0.2) is 18.2 Å². The molecule has 1 saturated heterocycles. The van der Waals surface area contributed by atoms with Crippen molar-refractivity contribution in [2.45, 2.75) is 81.6 Å². The molecule has 160 valence electrons. The zero-order valence-corrected chi connectivity index (χ0v) is 16.8. The molecular formula is C22H29F3N2O2. The highest BCUT2D eigenvalue weighted by Gasteiger charge is 2.38. The fourth-order valence-electron chi connectivity index (χ4n) is 4.72. The Morgan fingerprint density at radius 3 is 2.52 bits per heavy atom. The highest BCUT2D eigenvalue weighted by molar-refractivity contribution is 5.96. The number of nitrogens with one attached hydrogen (secondary N) is 2. The number of carbonyl (C=O) groups is 1. The van der Waals surface area contributed by atoms with Gasteiger partial charge in [0, 0.05) is 23.8 Å². The van der Waals surface area contributed by atoms with Crippen molar-refractivity contribution in [2.75, 3.05) is 13.2 Å². The number of rotatable bonds is 5. The van der Waals surface area contributed by atoms with E-state index in [2.05, 4.69) is 17.6 Å². The third-order valence-corrected chi connectivity index (χ3v) is 6.55. The smallest absolute Gasteiger partial charge is 0.379 e. The third kappa shape index (κ3) is 4.77. The van der Waals surface area contributed by atoms with Crippen LogP contribution in [0.4, 0.5) is 13.2 Å². The molecule has 0 unspecified atom stereocenters. The number of ether oxygens (including phenoxy) is 1. The van der Waals surface area contributed by atoms with Crippen LogP contribution in [0.2, 0.25) is 0 Å². The van der Waals surface area contributed by atoms with Crippen molar-refractivity contribution >= 4 is 5.91 Å². The lowest BCUT2D eigenvalue weighted by Gasteiger charge is -2.39. The SMILES string of the molecule is CC1(N[C@@H]2CCOC[C@H]2NC(=O)c2ccc(C(F)(F)F)cc2C2CC2)CCCC1. The minimum Gasteiger partial charge on any atom is -0.379 e. The maximum atomic E-state index is 13.1. The van der Waals surface area contributed by atoms with E-state index in [9.17, 15) is 18.0 Å². The molecule has 29 heavy (non-hydrogen) atoms. The molecule has 3 fully saturated rings. The topological polar surface area (TPSA) is 50.4 Å². The van der Waals surface area contributed by atoms with Crippen molar-refractivity contribution in [3.8, 4) is 0 Å². The Morgan fingerprint density at radius 1 is 1.14 bits per heavy atom. The van der Waals surface area contributed by atoms with Crippen LogP contribution in [-0.2, 0) is 10.9 Å². The molecular weight excluding hydrogens is 381 g/mol. The first-order chi connectivity index (χ1) is 13.8. The van der Waals surface area contributed by atoms with Crippen LogP contribution in [0.3, 0.4) is 0 Å². The molecule has 0 radical (unpaired) electrons. The fraction of sp³-hybridized carbons (Fsp3) is 0.682. The number of benzene rings is 1. The van der Waals surface area contributed by atoms with Crippen molar-refractivity contribution in [3.05, 3.63) is 34.9 Å². The van der Waals surface area contributed by atoms with Crippen molar-refractivity contribution < 1.29 is 22.7 Å². The molecule has 1 aromatic rings. The van der Waals surface area contributed by atoms with Gasteiger partial charge < -0.3 is 15.4 Å². The number of hydrogen-bond acceptors (Lipinski definition) is 3. The molecule has 1 amide bonds. The Labute approximate surface area is 169 Å². The van der Waals surface area contributed by atoms with Crippen LogP contribution in [0, 0.1) is 0 Å². The predicted molar refractivity (Wildman–Crippen MR) is 104 cm³/mol. The van der Waals surface area contributed by atoms with E-state index in [1.54, 1.807) is 0 Å². The number of halogens is 3. The summed E-state index contributed by atoms with van der Waals surface area (Å²) in [6, 6.07) is 3.40. The first kappa shape index (κ1) is 20.7. The summed E-state index contributed by atoms with van der Waals surface area (Å²) in [4.78, 5) is 13.0. The van der Waals surface area contributed by atoms with Gasteiger partial charge in [-0.15, -0.1) is 0 Å². The minimum atomic E-state index is -4.40. The molecule has 1 aliphatic heterocycles. The van der Waals surface area contributed by atoms with E-state index in [4.69, 9.17) is 4.74 Å². The quantitative estimate of drug-likeness (QED) is 0.757. The van der Waals surface area contributed by atoms with Crippen LogP contribution in [0.1, 0.15) is 79.3 Å². The normalized spacial score (nSPS) is 27.0. The van der Waals surface area contributed by atoms with Crippen molar-refractivity contribution in [1.82, 2.24) is 10.6 Å². The molecule has 2 aliphatic carbocycles. The van der Waals surface area contributed by atoms with Gasteiger partial charge in [0.05, 0.1) is 18.2 Å². The highest BCUT2D eigenvalue weighted by atomic mass is 19.4. The third-order valence-electron chi connectivity index (χ3n) is 6.55. The number of carbonyl (C=O) groups excluding carboxylic acids is 1. The second kappa shape index (κ2) is 7.91. The lowest BCUT2D eigenvalue weighted by molar-refractivity contribution is -0.137. The Bertz CT molecular complexity index is 755. The van der Waals surface area contributed by atoms with Crippen LogP contribution in [-0.4, -0.2) is 36.7 Å². The van der Waals surface area contributed by atoms with Gasteiger partial charge in [-0.2, -0.15) is 13.2 Å². The summed E-state index contributed by atoms with van der Waals surface area (Å²) in [6.07, 6.45) is 2.73. The maximum Gasteiger partial charge on any atom is 0.416 e. The monoisotopic (exact) mass is 410 g/mol. The summed E-state index contributed by atoms with van der Waals surface area (Å²) in [7, 11) is 0. The largest absolute Gasteiger partial charge is 0.416 e. The van der Waals surface area contributed by atoms with Crippen LogP contribution < -0.4 is 10.6 Å². The standard InChI is InChI=1S/C22H29F3N2O2/c1-21(9-2-3-10-21)27-18-8-11-29-13-19(18)26-20(28)16-7-6-15(22(23,24)25)12-17(16)14-4-5-14/h6-7,12,14,18-19,27H,2-5,8-11,13H2,1H3,(H,26,28)/t18-,19-/m1/s1. The fourth-order valence-corrected chi connectivity index (χ4v) is 4.72. The second-order valence-corrected chi connectivity index (χ2v) is 9.04. The van der Waals surface area contributed by atoms with Crippen molar-refractivity contribution in [1.29, 1.82) is 0 Å². The van der Waals surface area contributed by atoms with Crippen LogP contribution in [0.5, 0.6) is 0 Å². The lowest BCUT2D eigenvalue weighted by atomic mass is 9.94. The lowest BCUT2D eigenvalue weighted by Crippen LogP contribution is -2.60. The molecule has 1 heterocycles. The van der Waals surface area contributed by atoms with Gasteiger partial charge in [-0.3, -0.25) is 4.79 Å². The summed E-state index contributed by atoms with van der Waals surface area (Å²) in [5.41, 5.74) is 0.266. The second-order valence-electron chi connectivity index (χ2n) is 9.04. The zero-order chi connectivity index (χ0) is 20.6.